The van der Waals surface area contributed by atoms with E-state index in [1.54, 1.807) is 0 Å². The first kappa shape index (κ1) is 16.2. The van der Waals surface area contributed by atoms with Crippen molar-refractivity contribution in [1.82, 2.24) is 14.3 Å². The molecule has 3 rings (SSSR count). The highest BCUT2D eigenvalue weighted by Gasteiger charge is 2.23. The Morgan fingerprint density at radius 2 is 1.91 bits per heavy atom. The van der Waals surface area contributed by atoms with Crippen molar-refractivity contribution in [2.75, 3.05) is 23.3 Å². The Bertz CT molecular complexity index is 653. The fourth-order valence-electron chi connectivity index (χ4n) is 2.72. The number of nitrogens with one attached hydrogen (secondary N) is 1. The summed E-state index contributed by atoms with van der Waals surface area (Å²) in [5, 5.41) is 4.50. The maximum atomic E-state index is 4.63. The van der Waals surface area contributed by atoms with Crippen molar-refractivity contribution in [2.45, 2.75) is 52.0 Å². The van der Waals surface area contributed by atoms with Crippen LogP contribution in [-0.4, -0.2) is 33.5 Å². The molecule has 0 radical (unpaired) electrons. The van der Waals surface area contributed by atoms with Gasteiger partial charge in [0.25, 0.3) is 0 Å². The van der Waals surface area contributed by atoms with Crippen LogP contribution in [-0.2, 0) is 5.41 Å². The molecule has 0 aromatic carbocycles. The number of hydrogen-bond acceptors (Lipinski definition) is 6. The number of anilines is 2. The molecule has 1 aliphatic rings. The maximum Gasteiger partial charge on any atom is 0.202 e. The smallest absolute Gasteiger partial charge is 0.202 e. The van der Waals surface area contributed by atoms with Gasteiger partial charge in [-0.15, -0.1) is 0 Å². The van der Waals surface area contributed by atoms with Crippen LogP contribution in [0.2, 0.25) is 0 Å². The minimum absolute atomic E-state index is 0.0105. The first-order chi connectivity index (χ1) is 10.9. The highest BCUT2D eigenvalue weighted by Crippen LogP contribution is 2.25. The SMILES string of the molecule is Cc1cccc(N2CCC(Nc3nc(C(C)(C)C)ns3)CC2)n1. The first-order valence-electron chi connectivity index (χ1n) is 8.21. The van der Waals surface area contributed by atoms with Crippen LogP contribution >= 0.6 is 11.5 Å². The standard InChI is InChI=1S/C17H25N5S/c1-12-6-5-7-14(18-12)22-10-8-13(9-11-22)19-16-20-15(21-23-16)17(2,3)4/h5-7,13H,8-11H2,1-4H3,(H,19,20,21). The maximum absolute atomic E-state index is 4.63. The highest BCUT2D eigenvalue weighted by molar-refractivity contribution is 7.09. The van der Waals surface area contributed by atoms with Crippen molar-refractivity contribution in [1.29, 1.82) is 0 Å². The van der Waals surface area contributed by atoms with E-state index in [9.17, 15) is 0 Å². The van der Waals surface area contributed by atoms with E-state index in [1.165, 1.54) is 11.5 Å². The van der Waals surface area contributed by atoms with Crippen LogP contribution in [0.15, 0.2) is 18.2 Å². The molecule has 0 saturated carbocycles. The molecule has 1 aliphatic heterocycles. The van der Waals surface area contributed by atoms with Gasteiger partial charge < -0.3 is 10.2 Å². The second-order valence-electron chi connectivity index (χ2n) is 7.22. The molecule has 0 atom stereocenters. The predicted octanol–water partition coefficient (Wildman–Crippen LogP) is 3.62. The van der Waals surface area contributed by atoms with Gasteiger partial charge in [-0.05, 0) is 31.9 Å². The van der Waals surface area contributed by atoms with Crippen LogP contribution in [0, 0.1) is 6.92 Å². The number of hydrogen-bond donors (Lipinski definition) is 1. The lowest BCUT2D eigenvalue weighted by Gasteiger charge is -2.33. The van der Waals surface area contributed by atoms with Crippen LogP contribution < -0.4 is 10.2 Å². The summed E-state index contributed by atoms with van der Waals surface area (Å²) in [6, 6.07) is 6.69. The lowest BCUT2D eigenvalue weighted by Crippen LogP contribution is -2.39. The average molecular weight is 331 g/mol. The molecular weight excluding hydrogens is 306 g/mol. The third kappa shape index (κ3) is 3.99. The van der Waals surface area contributed by atoms with E-state index in [2.05, 4.69) is 57.5 Å². The molecule has 1 fully saturated rings. The zero-order valence-electron chi connectivity index (χ0n) is 14.3. The van der Waals surface area contributed by atoms with Crippen LogP contribution in [0.1, 0.15) is 45.1 Å². The number of nitrogens with zero attached hydrogens (tertiary/aromatic N) is 4. The molecule has 23 heavy (non-hydrogen) atoms. The van der Waals surface area contributed by atoms with Crippen molar-refractivity contribution in [3.05, 3.63) is 29.7 Å². The Kier molecular flexibility index (Phi) is 4.53. The third-order valence-electron chi connectivity index (χ3n) is 4.12. The van der Waals surface area contributed by atoms with Gasteiger partial charge in [0.05, 0.1) is 0 Å². The molecule has 2 aromatic rings. The molecule has 0 bridgehead atoms. The lowest BCUT2D eigenvalue weighted by atomic mass is 9.96. The zero-order valence-corrected chi connectivity index (χ0v) is 15.2. The monoisotopic (exact) mass is 331 g/mol. The first-order valence-corrected chi connectivity index (χ1v) is 8.98. The number of aromatic nitrogens is 3. The van der Waals surface area contributed by atoms with Gasteiger partial charge in [0.2, 0.25) is 5.13 Å². The molecule has 0 aliphatic carbocycles. The van der Waals surface area contributed by atoms with Crippen LogP contribution in [0.4, 0.5) is 10.9 Å². The second kappa shape index (κ2) is 6.43. The fraction of sp³-hybridized carbons (Fsp3) is 0.588. The van der Waals surface area contributed by atoms with Gasteiger partial charge in [-0.25, -0.2) is 9.97 Å². The number of piperidine rings is 1. The summed E-state index contributed by atoms with van der Waals surface area (Å²) < 4.78 is 4.47. The Morgan fingerprint density at radius 1 is 1.17 bits per heavy atom. The summed E-state index contributed by atoms with van der Waals surface area (Å²) in [6.45, 7) is 10.5. The van der Waals surface area contributed by atoms with Crippen LogP contribution in [0.5, 0.6) is 0 Å². The molecule has 3 heterocycles. The van der Waals surface area contributed by atoms with Gasteiger partial charge in [0, 0.05) is 41.8 Å². The van der Waals surface area contributed by atoms with Gasteiger partial charge in [-0.3, -0.25) is 0 Å². The zero-order chi connectivity index (χ0) is 16.4. The van der Waals surface area contributed by atoms with Gasteiger partial charge in [0.15, 0.2) is 0 Å². The molecular formula is C17H25N5S. The van der Waals surface area contributed by atoms with E-state index in [4.69, 9.17) is 0 Å². The molecule has 6 heteroatoms. The normalized spacial score (nSPS) is 16.6. The van der Waals surface area contributed by atoms with E-state index in [1.807, 2.05) is 13.0 Å². The van der Waals surface area contributed by atoms with Crippen LogP contribution in [0.3, 0.4) is 0 Å². The van der Waals surface area contributed by atoms with Crippen molar-refractivity contribution in [3.8, 4) is 0 Å². The third-order valence-corrected chi connectivity index (χ3v) is 4.76. The Balaban J connectivity index is 1.56. The molecule has 1 N–H and O–H groups in total. The fourth-order valence-corrected chi connectivity index (χ4v) is 3.55. The summed E-state index contributed by atoms with van der Waals surface area (Å²) in [6.07, 6.45) is 2.19. The van der Waals surface area contributed by atoms with Gasteiger partial charge >= 0.3 is 0 Å². The largest absolute Gasteiger partial charge is 0.357 e. The molecule has 124 valence electrons. The average Bonchev–Trinajstić information content (AvgIpc) is 2.97. The lowest BCUT2D eigenvalue weighted by molar-refractivity contribution is 0.521. The van der Waals surface area contributed by atoms with Gasteiger partial charge in [-0.1, -0.05) is 26.8 Å². The van der Waals surface area contributed by atoms with Crippen molar-refractivity contribution < 1.29 is 0 Å². The Hall–Kier alpha value is -1.69. The summed E-state index contributed by atoms with van der Waals surface area (Å²) in [4.78, 5) is 11.6. The van der Waals surface area contributed by atoms with Gasteiger partial charge in [0.1, 0.15) is 11.6 Å². The predicted molar refractivity (Wildman–Crippen MR) is 96.4 cm³/mol. The number of aryl methyl sites for hydroxylation is 1. The van der Waals surface area contributed by atoms with E-state index in [-0.39, 0.29) is 5.41 Å². The summed E-state index contributed by atoms with van der Waals surface area (Å²) >= 11 is 1.47. The summed E-state index contributed by atoms with van der Waals surface area (Å²) in [7, 11) is 0. The molecule has 0 spiro atoms. The van der Waals surface area contributed by atoms with E-state index >= 15 is 0 Å². The second-order valence-corrected chi connectivity index (χ2v) is 7.97. The molecule has 0 unspecified atom stereocenters. The molecule has 5 nitrogen and oxygen atoms in total. The van der Waals surface area contributed by atoms with Crippen LogP contribution in [0.25, 0.3) is 0 Å². The Morgan fingerprint density at radius 3 is 2.52 bits per heavy atom. The topological polar surface area (TPSA) is 53.9 Å². The Labute approximate surface area is 142 Å². The summed E-state index contributed by atoms with van der Waals surface area (Å²) in [5.74, 6) is 2.01. The minimum Gasteiger partial charge on any atom is -0.357 e. The van der Waals surface area contributed by atoms with Crippen molar-refractivity contribution in [2.24, 2.45) is 0 Å². The van der Waals surface area contributed by atoms with Gasteiger partial charge in [-0.2, -0.15) is 4.37 Å². The van der Waals surface area contributed by atoms with E-state index in [0.717, 1.165) is 48.4 Å². The van der Waals surface area contributed by atoms with E-state index in [0.29, 0.717) is 6.04 Å². The van der Waals surface area contributed by atoms with Crippen molar-refractivity contribution >= 4 is 22.5 Å². The molecule has 1 saturated heterocycles. The number of pyridine rings is 1. The highest BCUT2D eigenvalue weighted by atomic mass is 32.1. The van der Waals surface area contributed by atoms with Crippen molar-refractivity contribution in [3.63, 3.8) is 0 Å². The molecule has 0 amide bonds. The number of rotatable bonds is 3. The minimum atomic E-state index is 0.0105. The quantitative estimate of drug-likeness (QED) is 0.931. The molecule has 2 aromatic heterocycles. The summed E-state index contributed by atoms with van der Waals surface area (Å²) in [5.41, 5.74) is 1.09. The van der Waals surface area contributed by atoms with E-state index < -0.39 is 0 Å².